The second kappa shape index (κ2) is 7.33. The molecule has 1 aliphatic rings. The first-order valence-corrected chi connectivity index (χ1v) is 6.93. The number of carbonyl (C=O) groups excluding carboxylic acids is 1. The number of nitrogens with one attached hydrogen (secondary N) is 1. The Balaban J connectivity index is 2.38. The van der Waals surface area contributed by atoms with E-state index in [4.69, 9.17) is 5.11 Å². The van der Waals surface area contributed by atoms with Gasteiger partial charge in [-0.3, -0.25) is 9.69 Å². The summed E-state index contributed by atoms with van der Waals surface area (Å²) in [6.07, 6.45) is 0.919. The van der Waals surface area contributed by atoms with Gasteiger partial charge in [-0.15, -0.1) is 0 Å². The Morgan fingerprint density at radius 1 is 1.21 bits per heavy atom. The maximum absolute atomic E-state index is 12.1. The molecule has 6 nitrogen and oxygen atoms in total. The lowest BCUT2D eigenvalue weighted by Crippen LogP contribution is -2.54. The van der Waals surface area contributed by atoms with Gasteiger partial charge in [0.25, 0.3) is 0 Å². The fraction of sp³-hybridized carbons (Fsp3) is 0.846. The van der Waals surface area contributed by atoms with Crippen LogP contribution in [0.4, 0.5) is 4.79 Å². The average Bonchev–Trinajstić information content (AvgIpc) is 2.35. The number of piperazine rings is 1. The van der Waals surface area contributed by atoms with Crippen molar-refractivity contribution in [3.05, 3.63) is 0 Å². The summed E-state index contributed by atoms with van der Waals surface area (Å²) in [5.41, 5.74) is 0. The number of hydrogen-bond donors (Lipinski definition) is 2. The zero-order valence-corrected chi connectivity index (χ0v) is 12.1. The van der Waals surface area contributed by atoms with Crippen LogP contribution in [0.2, 0.25) is 0 Å². The van der Waals surface area contributed by atoms with E-state index in [0.29, 0.717) is 32.1 Å². The van der Waals surface area contributed by atoms with E-state index in [1.165, 1.54) is 0 Å². The van der Waals surface area contributed by atoms with Crippen LogP contribution in [0.15, 0.2) is 0 Å². The van der Waals surface area contributed by atoms with Crippen molar-refractivity contribution < 1.29 is 14.7 Å². The predicted octanol–water partition coefficient (Wildman–Crippen LogP) is 0.833. The van der Waals surface area contributed by atoms with Crippen LogP contribution in [-0.4, -0.2) is 65.7 Å². The number of amides is 2. The highest BCUT2D eigenvalue weighted by Gasteiger charge is 2.24. The molecular formula is C13H25N3O3. The van der Waals surface area contributed by atoms with E-state index < -0.39 is 5.97 Å². The minimum Gasteiger partial charge on any atom is -0.480 e. The molecule has 0 saturated carbocycles. The van der Waals surface area contributed by atoms with Crippen LogP contribution in [-0.2, 0) is 4.79 Å². The predicted molar refractivity (Wildman–Crippen MR) is 73.1 cm³/mol. The van der Waals surface area contributed by atoms with E-state index >= 15 is 0 Å². The molecule has 0 aromatic carbocycles. The quantitative estimate of drug-likeness (QED) is 0.777. The Morgan fingerprint density at radius 2 is 1.79 bits per heavy atom. The summed E-state index contributed by atoms with van der Waals surface area (Å²) >= 11 is 0. The molecule has 19 heavy (non-hydrogen) atoms. The first-order valence-electron chi connectivity index (χ1n) is 6.93. The van der Waals surface area contributed by atoms with Crippen molar-refractivity contribution in [2.45, 2.75) is 33.2 Å². The SMILES string of the molecule is CCC(NC(=O)N1CCN(CC(=O)O)CC1)C(C)C. The number of urea groups is 1. The van der Waals surface area contributed by atoms with Gasteiger partial charge in [-0.05, 0) is 12.3 Å². The smallest absolute Gasteiger partial charge is 0.317 e. The van der Waals surface area contributed by atoms with Crippen molar-refractivity contribution in [1.29, 1.82) is 0 Å². The van der Waals surface area contributed by atoms with Crippen LogP contribution in [0.25, 0.3) is 0 Å². The molecule has 0 spiro atoms. The summed E-state index contributed by atoms with van der Waals surface area (Å²) in [6.45, 7) is 8.74. The molecule has 110 valence electrons. The molecule has 0 bridgehead atoms. The maximum atomic E-state index is 12.1. The minimum absolute atomic E-state index is 0.0319. The monoisotopic (exact) mass is 271 g/mol. The Morgan fingerprint density at radius 3 is 2.21 bits per heavy atom. The van der Waals surface area contributed by atoms with Gasteiger partial charge in [0.05, 0.1) is 6.54 Å². The molecule has 0 aliphatic carbocycles. The summed E-state index contributed by atoms with van der Waals surface area (Å²) < 4.78 is 0. The zero-order chi connectivity index (χ0) is 14.4. The maximum Gasteiger partial charge on any atom is 0.317 e. The Kier molecular flexibility index (Phi) is 6.08. The highest BCUT2D eigenvalue weighted by Crippen LogP contribution is 2.07. The standard InChI is InChI=1S/C13H25N3O3/c1-4-11(10(2)3)14-13(19)16-7-5-15(6-8-16)9-12(17)18/h10-11H,4-9H2,1-3H3,(H,14,19)(H,17,18). The van der Waals surface area contributed by atoms with E-state index in [0.717, 1.165) is 6.42 Å². The number of rotatable bonds is 5. The van der Waals surface area contributed by atoms with Crippen molar-refractivity contribution in [1.82, 2.24) is 15.1 Å². The van der Waals surface area contributed by atoms with Crippen LogP contribution in [0.3, 0.4) is 0 Å². The van der Waals surface area contributed by atoms with Crippen molar-refractivity contribution in [3.63, 3.8) is 0 Å². The molecule has 1 unspecified atom stereocenters. The van der Waals surface area contributed by atoms with Gasteiger partial charge in [0.2, 0.25) is 0 Å². The second-order valence-electron chi connectivity index (χ2n) is 5.37. The van der Waals surface area contributed by atoms with E-state index in [1.807, 2.05) is 4.90 Å². The highest BCUT2D eigenvalue weighted by atomic mass is 16.4. The Hall–Kier alpha value is -1.30. The molecule has 0 aromatic heterocycles. The third-order valence-electron chi connectivity index (χ3n) is 3.57. The van der Waals surface area contributed by atoms with E-state index in [9.17, 15) is 9.59 Å². The topological polar surface area (TPSA) is 72.9 Å². The number of carbonyl (C=O) groups is 2. The molecule has 1 heterocycles. The second-order valence-corrected chi connectivity index (χ2v) is 5.37. The van der Waals surface area contributed by atoms with E-state index in [2.05, 4.69) is 26.1 Å². The molecule has 0 aromatic rings. The van der Waals surface area contributed by atoms with Crippen LogP contribution in [0, 0.1) is 5.92 Å². The van der Waals surface area contributed by atoms with Crippen molar-refractivity contribution in [3.8, 4) is 0 Å². The Labute approximate surface area is 114 Å². The van der Waals surface area contributed by atoms with Crippen LogP contribution >= 0.6 is 0 Å². The highest BCUT2D eigenvalue weighted by molar-refractivity contribution is 5.74. The van der Waals surface area contributed by atoms with Crippen molar-refractivity contribution >= 4 is 12.0 Å². The van der Waals surface area contributed by atoms with Gasteiger partial charge < -0.3 is 15.3 Å². The average molecular weight is 271 g/mol. The normalized spacial score (nSPS) is 18.4. The van der Waals surface area contributed by atoms with Gasteiger partial charge in [0.15, 0.2) is 0 Å². The molecule has 6 heteroatoms. The third-order valence-corrected chi connectivity index (χ3v) is 3.57. The molecule has 2 amide bonds. The largest absolute Gasteiger partial charge is 0.480 e. The van der Waals surface area contributed by atoms with Gasteiger partial charge in [0, 0.05) is 32.2 Å². The molecule has 1 rings (SSSR count). The van der Waals surface area contributed by atoms with Gasteiger partial charge in [-0.1, -0.05) is 20.8 Å². The summed E-state index contributed by atoms with van der Waals surface area (Å²) in [5.74, 6) is -0.397. The van der Waals surface area contributed by atoms with Crippen molar-refractivity contribution in [2.24, 2.45) is 5.92 Å². The molecule has 0 radical (unpaired) electrons. The summed E-state index contributed by atoms with van der Waals surface area (Å²) in [6, 6.07) is 0.167. The first-order chi connectivity index (χ1) is 8.93. The molecule has 1 aliphatic heterocycles. The van der Waals surface area contributed by atoms with Crippen LogP contribution in [0.5, 0.6) is 0 Å². The fourth-order valence-electron chi connectivity index (χ4n) is 2.29. The van der Waals surface area contributed by atoms with Gasteiger partial charge >= 0.3 is 12.0 Å². The molecule has 1 atom stereocenters. The van der Waals surface area contributed by atoms with Gasteiger partial charge in [0.1, 0.15) is 0 Å². The minimum atomic E-state index is -0.816. The van der Waals surface area contributed by atoms with Gasteiger partial charge in [-0.2, -0.15) is 0 Å². The van der Waals surface area contributed by atoms with Crippen LogP contribution < -0.4 is 5.32 Å². The number of carboxylic acids is 1. The molecule has 1 fully saturated rings. The Bertz CT molecular complexity index is 312. The lowest BCUT2D eigenvalue weighted by Gasteiger charge is -2.35. The summed E-state index contributed by atoms with van der Waals surface area (Å²) in [7, 11) is 0. The molecule has 1 saturated heterocycles. The lowest BCUT2D eigenvalue weighted by molar-refractivity contribution is -0.138. The molecular weight excluding hydrogens is 246 g/mol. The summed E-state index contributed by atoms with van der Waals surface area (Å²) in [4.78, 5) is 26.3. The zero-order valence-electron chi connectivity index (χ0n) is 12.1. The number of carboxylic acid groups (broad SMARTS) is 1. The molecule has 2 N–H and O–H groups in total. The fourth-order valence-corrected chi connectivity index (χ4v) is 2.29. The lowest BCUT2D eigenvalue weighted by atomic mass is 10.0. The van der Waals surface area contributed by atoms with E-state index in [-0.39, 0.29) is 18.6 Å². The van der Waals surface area contributed by atoms with Crippen molar-refractivity contribution in [2.75, 3.05) is 32.7 Å². The number of nitrogens with zero attached hydrogens (tertiary/aromatic N) is 2. The number of hydrogen-bond acceptors (Lipinski definition) is 3. The first kappa shape index (κ1) is 15.8. The number of aliphatic carboxylic acids is 1. The summed E-state index contributed by atoms with van der Waals surface area (Å²) in [5, 5.41) is 11.8. The van der Waals surface area contributed by atoms with Gasteiger partial charge in [-0.25, -0.2) is 4.79 Å². The van der Waals surface area contributed by atoms with Crippen LogP contribution in [0.1, 0.15) is 27.2 Å². The van der Waals surface area contributed by atoms with E-state index in [1.54, 1.807) is 4.90 Å². The third kappa shape index (κ3) is 5.06.